The molecule has 0 atom stereocenters. The number of fused-ring (bicyclic) bond motifs is 5. The van der Waals surface area contributed by atoms with Gasteiger partial charge in [-0.25, -0.2) is 17.6 Å². The molecule has 127 heavy (non-hydrogen) atoms. The van der Waals surface area contributed by atoms with Crippen molar-refractivity contribution in [3.8, 4) is 56.3 Å². The van der Waals surface area contributed by atoms with Crippen molar-refractivity contribution < 1.29 is 40.4 Å². The van der Waals surface area contributed by atoms with Crippen LogP contribution < -0.4 is 22.8 Å². The third-order valence-electron chi connectivity index (χ3n) is 30.0. The number of aromatic nitrogens is 5. The maximum atomic E-state index is 14.7. The fourth-order valence-corrected chi connectivity index (χ4v) is 22.4. The van der Waals surface area contributed by atoms with Crippen LogP contribution in [-0.2, 0) is 35.2 Å². The van der Waals surface area contributed by atoms with Crippen LogP contribution in [0.5, 0.6) is 0 Å². The summed E-state index contributed by atoms with van der Waals surface area (Å²) in [6, 6.07) is 70.1. The second kappa shape index (κ2) is 38.1. The Hall–Kier alpha value is -11.0. The van der Waals surface area contributed by atoms with E-state index in [4.69, 9.17) is 0 Å². The summed E-state index contributed by atoms with van der Waals surface area (Å²) in [5.74, 6) is 2.09. The Kier molecular flexibility index (Phi) is 26.8. The van der Waals surface area contributed by atoms with Crippen LogP contribution in [0.3, 0.4) is 0 Å². The molecule has 0 bridgehead atoms. The molecule has 5 nitrogen and oxygen atoms in total. The highest BCUT2D eigenvalue weighted by Crippen LogP contribution is 2.45. The quantitative estimate of drug-likeness (QED) is 0.0960. The number of rotatable bonds is 10. The number of hydrogen-bond acceptors (Lipinski definition) is 0. The molecule has 5 fully saturated rings. The standard InChI is InChI=1S/2C24H27FN.C24H28N.2C23H25FN/c1-15-13-16(2)17(3)20(14-15)23-11-9-19-22(26(23)4)12-10-21(25)24(19)18-7-5-6-8-18;1-15-11-16(2)17(3)20(12-15)23-10-9-19-13-22(25)21(14-24(19)26(23)4)18-7-5-6-8-18;1-16-13-17(2)18(3)22(14-16)23-12-11-20-9-10-21(15-24(20)25(23)4)19-7-5-6-8-19;1-15-8-9-16(2)19(14-15)22-12-10-18-21(25(22)3)13-11-20(24)23(18)17-6-4-5-7-17;1-15-8-9-16(2)19(12-15)22-11-10-18-13-21(24)20(14-23(18)25(22)3)17-6-4-5-7-17/h2*9-14,18H,5-8H2,1-4H3;9-15,19H,5-8H2,1-4H3;2*8-14,17H,4-7H2,1-3H3/q5*+1. The number of benzene rings is 10. The molecule has 5 heterocycles. The molecule has 10 aromatic carbocycles. The van der Waals surface area contributed by atoms with E-state index in [-0.39, 0.29) is 23.3 Å². The second-order valence-electron chi connectivity index (χ2n) is 38.7. The van der Waals surface area contributed by atoms with Gasteiger partial charge in [0, 0.05) is 116 Å². The maximum Gasteiger partial charge on any atom is 0.213 e. The topological polar surface area (TPSA) is 19.4 Å². The van der Waals surface area contributed by atoms with Crippen molar-refractivity contribution in [1.29, 1.82) is 0 Å². The van der Waals surface area contributed by atoms with E-state index in [2.05, 4.69) is 306 Å². The zero-order valence-corrected chi connectivity index (χ0v) is 78.8. The predicted molar refractivity (Wildman–Crippen MR) is 520 cm³/mol. The van der Waals surface area contributed by atoms with Crippen molar-refractivity contribution in [2.75, 3.05) is 0 Å². The Labute approximate surface area is 753 Å². The molecule has 5 aromatic heterocycles. The van der Waals surface area contributed by atoms with Gasteiger partial charge in [-0.2, -0.15) is 22.8 Å². The molecule has 652 valence electrons. The van der Waals surface area contributed by atoms with Crippen molar-refractivity contribution in [3.05, 3.63) is 324 Å². The summed E-state index contributed by atoms with van der Waals surface area (Å²) in [6.07, 6.45) is 24.1. The summed E-state index contributed by atoms with van der Waals surface area (Å²) in [6.45, 7) is 28.2. The van der Waals surface area contributed by atoms with Crippen molar-refractivity contribution in [2.45, 2.75) is 248 Å². The first-order chi connectivity index (χ1) is 61.1. The van der Waals surface area contributed by atoms with E-state index in [9.17, 15) is 17.6 Å². The van der Waals surface area contributed by atoms with Crippen LogP contribution in [0.1, 0.15) is 258 Å². The highest BCUT2D eigenvalue weighted by Gasteiger charge is 2.32. The van der Waals surface area contributed by atoms with Crippen molar-refractivity contribution >= 4 is 54.5 Å². The number of halogens is 4. The summed E-state index contributed by atoms with van der Waals surface area (Å²) >= 11 is 0. The van der Waals surface area contributed by atoms with Crippen LogP contribution in [-0.4, -0.2) is 0 Å². The van der Waals surface area contributed by atoms with Crippen LogP contribution in [0.4, 0.5) is 17.6 Å². The van der Waals surface area contributed by atoms with Crippen molar-refractivity contribution in [1.82, 2.24) is 0 Å². The minimum absolute atomic E-state index is 0.0419. The van der Waals surface area contributed by atoms with Gasteiger partial charge in [-0.15, -0.1) is 0 Å². The monoisotopic (exact) mass is 1700 g/mol. The van der Waals surface area contributed by atoms with Gasteiger partial charge in [0.2, 0.25) is 56.1 Å². The molecular weight excluding hydrogens is 1560 g/mol. The molecule has 0 unspecified atom stereocenters. The molecule has 0 saturated heterocycles. The average Bonchev–Trinajstić information content (AvgIpc) is 1.76. The first-order valence-corrected chi connectivity index (χ1v) is 47.4. The predicted octanol–water partition coefficient (Wildman–Crippen LogP) is 29.5. The smallest absolute Gasteiger partial charge is 0.207 e. The van der Waals surface area contributed by atoms with Crippen LogP contribution in [0.25, 0.3) is 111 Å². The van der Waals surface area contributed by atoms with Crippen LogP contribution in [0, 0.1) is 113 Å². The Balaban J connectivity index is 0.000000117. The molecule has 15 aromatic rings. The lowest BCUT2D eigenvalue weighted by Gasteiger charge is -2.15. The number of hydrogen-bond donors (Lipinski definition) is 0. The second-order valence-corrected chi connectivity index (χ2v) is 38.7. The van der Waals surface area contributed by atoms with Gasteiger partial charge < -0.3 is 0 Å². The fraction of sp³-hybridized carbons (Fsp3) is 0.364. The van der Waals surface area contributed by atoms with Gasteiger partial charge in [-0.05, 0) is 336 Å². The molecule has 0 spiro atoms. The van der Waals surface area contributed by atoms with Gasteiger partial charge in [0.25, 0.3) is 0 Å². The van der Waals surface area contributed by atoms with Gasteiger partial charge in [-0.3, -0.25) is 0 Å². The normalized spacial score (nSPS) is 15.2. The summed E-state index contributed by atoms with van der Waals surface area (Å²) in [7, 11) is 10.6. The van der Waals surface area contributed by atoms with E-state index in [0.29, 0.717) is 23.7 Å². The molecule has 5 aliphatic rings. The van der Waals surface area contributed by atoms with E-state index in [0.717, 1.165) is 123 Å². The number of nitrogens with zero attached hydrogens (tertiary/aromatic N) is 5. The van der Waals surface area contributed by atoms with E-state index in [1.165, 1.54) is 222 Å². The molecule has 0 radical (unpaired) electrons. The lowest BCUT2D eigenvalue weighted by molar-refractivity contribution is -0.633. The van der Waals surface area contributed by atoms with Crippen molar-refractivity contribution in [2.24, 2.45) is 35.2 Å². The van der Waals surface area contributed by atoms with Gasteiger partial charge in [0.15, 0.2) is 0 Å². The Morgan fingerprint density at radius 2 is 0.512 bits per heavy atom. The molecule has 5 saturated carbocycles. The molecular formula is C118H132F4N5+5. The van der Waals surface area contributed by atoms with E-state index in [1.54, 1.807) is 24.3 Å². The zero-order valence-electron chi connectivity index (χ0n) is 78.8. The molecule has 0 amide bonds. The third kappa shape index (κ3) is 18.5. The SMILES string of the molecule is Cc1cc(C)c(C)c(-c2ccc3c(C4CCCC4)c(F)ccc3[n+]2C)c1.Cc1cc(C)c(C)c(-c2ccc3cc(F)c(C4CCCC4)cc3[n+]2C)c1.Cc1cc(C)c(C)c(-c2ccc3ccc(C4CCCC4)cc3[n+]2C)c1.Cc1ccc(C)c(-c2ccc3c(C4CCCC4)c(F)ccc3[n+]2C)c1.Cc1ccc(C)c(-c2ccc3cc(F)c(C4CCCC4)cc3[n+]2C)c1. The summed E-state index contributed by atoms with van der Waals surface area (Å²) in [4.78, 5) is 0. The van der Waals surface area contributed by atoms with E-state index < -0.39 is 0 Å². The molecule has 0 N–H and O–H groups in total. The van der Waals surface area contributed by atoms with Gasteiger partial charge in [-0.1, -0.05) is 141 Å². The third-order valence-corrected chi connectivity index (χ3v) is 30.0. The molecule has 20 rings (SSSR count). The Morgan fingerprint density at radius 3 is 0.874 bits per heavy atom. The molecule has 9 heteroatoms. The molecule has 0 aliphatic heterocycles. The highest BCUT2D eigenvalue weighted by atomic mass is 19.1. The van der Waals surface area contributed by atoms with Crippen LogP contribution >= 0.6 is 0 Å². The highest BCUT2D eigenvalue weighted by molar-refractivity contribution is 5.86. The summed E-state index contributed by atoms with van der Waals surface area (Å²) in [5.41, 5.74) is 40.3. The van der Waals surface area contributed by atoms with Crippen LogP contribution in [0.15, 0.2) is 200 Å². The Bertz CT molecular complexity index is 6580. The minimum atomic E-state index is -0.0427. The lowest BCUT2D eigenvalue weighted by Crippen LogP contribution is -2.32. The van der Waals surface area contributed by atoms with Crippen LogP contribution in [0.2, 0.25) is 0 Å². The molecule has 5 aliphatic carbocycles. The minimum Gasteiger partial charge on any atom is -0.207 e. The van der Waals surface area contributed by atoms with Crippen molar-refractivity contribution in [3.63, 3.8) is 0 Å². The summed E-state index contributed by atoms with van der Waals surface area (Å²) < 4.78 is 69.9. The summed E-state index contributed by atoms with van der Waals surface area (Å²) in [5, 5.41) is 5.41. The average molecular weight is 1700 g/mol. The number of aryl methyl sites for hydroxylation is 15. The van der Waals surface area contributed by atoms with E-state index in [1.807, 2.05) is 18.2 Å². The van der Waals surface area contributed by atoms with Gasteiger partial charge in [0.05, 0.1) is 10.8 Å². The first-order valence-electron chi connectivity index (χ1n) is 47.4. The van der Waals surface area contributed by atoms with Gasteiger partial charge in [0.1, 0.15) is 58.5 Å². The maximum absolute atomic E-state index is 14.7. The lowest BCUT2D eigenvalue weighted by atomic mass is 9.92. The first kappa shape index (κ1) is 89.4. The fourth-order valence-electron chi connectivity index (χ4n) is 22.4. The largest absolute Gasteiger partial charge is 0.213 e. The van der Waals surface area contributed by atoms with E-state index >= 15 is 0 Å². The number of pyridine rings is 5. The zero-order chi connectivity index (χ0) is 89.5. The van der Waals surface area contributed by atoms with Gasteiger partial charge >= 0.3 is 0 Å². The Morgan fingerprint density at radius 1 is 0.220 bits per heavy atom.